The molecule has 6 heteroatoms. The highest BCUT2D eigenvalue weighted by atomic mass is 16.2. The van der Waals surface area contributed by atoms with Crippen LogP contribution in [0.4, 0.5) is 0 Å². The molecule has 2 fully saturated rings. The van der Waals surface area contributed by atoms with Crippen molar-refractivity contribution in [3.63, 3.8) is 0 Å². The molecular formula is C30H33N5O. The van der Waals surface area contributed by atoms with Crippen LogP contribution in [0.2, 0.25) is 0 Å². The fraction of sp³-hybridized carbons (Fsp3) is 0.333. The van der Waals surface area contributed by atoms with Gasteiger partial charge in [0.1, 0.15) is 5.92 Å². The van der Waals surface area contributed by atoms with Crippen LogP contribution >= 0.6 is 0 Å². The SMILES string of the molecule is C=Cc1ccc(-c2ncccc2-c2ccnc(C(C=N)C(=O)NC3CC4CCC(C3)N4C)c2)cc1C. The first-order valence-corrected chi connectivity index (χ1v) is 12.7. The number of rotatable bonds is 7. The Kier molecular flexibility index (Phi) is 6.79. The van der Waals surface area contributed by atoms with E-state index in [4.69, 9.17) is 5.41 Å². The van der Waals surface area contributed by atoms with Gasteiger partial charge in [-0.3, -0.25) is 14.8 Å². The lowest BCUT2D eigenvalue weighted by Crippen LogP contribution is -2.49. The third-order valence-corrected chi connectivity index (χ3v) is 7.88. The minimum absolute atomic E-state index is 0.148. The molecule has 3 aromatic rings. The molecule has 2 aliphatic heterocycles. The topological polar surface area (TPSA) is 82.0 Å². The van der Waals surface area contributed by atoms with Crippen LogP contribution in [0.25, 0.3) is 28.5 Å². The number of aromatic nitrogens is 2. The lowest BCUT2D eigenvalue weighted by Gasteiger charge is -2.36. The number of hydrogen-bond donors (Lipinski definition) is 2. The van der Waals surface area contributed by atoms with Crippen LogP contribution in [0.3, 0.4) is 0 Å². The molecule has 2 N–H and O–H groups in total. The van der Waals surface area contributed by atoms with Gasteiger partial charge in [0.15, 0.2) is 0 Å². The predicted octanol–water partition coefficient (Wildman–Crippen LogP) is 5.24. The summed E-state index contributed by atoms with van der Waals surface area (Å²) in [4.78, 5) is 24.9. The highest BCUT2D eigenvalue weighted by molar-refractivity contribution is 5.98. The monoisotopic (exact) mass is 479 g/mol. The summed E-state index contributed by atoms with van der Waals surface area (Å²) in [6, 6.07) is 15.3. The molecule has 1 amide bonds. The van der Waals surface area contributed by atoms with Crippen LogP contribution in [-0.4, -0.2) is 52.2 Å². The maximum Gasteiger partial charge on any atom is 0.234 e. The molecule has 0 spiro atoms. The van der Waals surface area contributed by atoms with Crippen LogP contribution in [0.15, 0.2) is 61.4 Å². The van der Waals surface area contributed by atoms with Crippen LogP contribution < -0.4 is 5.32 Å². The first-order chi connectivity index (χ1) is 17.5. The first-order valence-electron chi connectivity index (χ1n) is 12.7. The Hall–Kier alpha value is -3.64. The summed E-state index contributed by atoms with van der Waals surface area (Å²) in [6.07, 6.45) is 10.9. The number of piperidine rings is 1. The van der Waals surface area contributed by atoms with Gasteiger partial charge in [0, 0.05) is 47.9 Å². The molecule has 2 saturated heterocycles. The van der Waals surface area contributed by atoms with E-state index in [0.717, 1.165) is 46.4 Å². The smallest absolute Gasteiger partial charge is 0.234 e. The van der Waals surface area contributed by atoms with Gasteiger partial charge in [0.05, 0.1) is 11.4 Å². The summed E-state index contributed by atoms with van der Waals surface area (Å²) in [5.74, 6) is -0.873. The Morgan fingerprint density at radius 2 is 1.89 bits per heavy atom. The molecule has 1 aromatic carbocycles. The Morgan fingerprint density at radius 1 is 1.11 bits per heavy atom. The van der Waals surface area contributed by atoms with Gasteiger partial charge in [0.2, 0.25) is 5.91 Å². The fourth-order valence-corrected chi connectivity index (χ4v) is 5.82. The molecule has 184 valence electrons. The second-order valence-electron chi connectivity index (χ2n) is 10.0. The van der Waals surface area contributed by atoms with Gasteiger partial charge in [-0.2, -0.15) is 0 Å². The zero-order chi connectivity index (χ0) is 25.2. The molecule has 2 bridgehead atoms. The molecule has 2 aromatic heterocycles. The summed E-state index contributed by atoms with van der Waals surface area (Å²) in [5, 5.41) is 11.3. The van der Waals surface area contributed by atoms with E-state index in [2.05, 4.69) is 58.9 Å². The maximum absolute atomic E-state index is 13.3. The van der Waals surface area contributed by atoms with Crippen molar-refractivity contribution in [3.05, 3.63) is 78.3 Å². The number of hydrogen-bond acceptors (Lipinski definition) is 5. The molecule has 36 heavy (non-hydrogen) atoms. The van der Waals surface area contributed by atoms with Crippen molar-refractivity contribution < 1.29 is 4.79 Å². The van der Waals surface area contributed by atoms with Crippen LogP contribution in [0.1, 0.15) is 48.4 Å². The second kappa shape index (κ2) is 10.2. The van der Waals surface area contributed by atoms with E-state index < -0.39 is 5.92 Å². The Bertz CT molecular complexity index is 1290. The number of aryl methyl sites for hydroxylation is 1. The number of nitrogens with zero attached hydrogens (tertiary/aromatic N) is 3. The van der Waals surface area contributed by atoms with Gasteiger partial charge in [-0.05, 0) is 80.6 Å². The van der Waals surface area contributed by atoms with E-state index in [1.54, 1.807) is 12.4 Å². The summed E-state index contributed by atoms with van der Waals surface area (Å²) in [5.41, 5.74) is 6.57. The van der Waals surface area contributed by atoms with Crippen molar-refractivity contribution in [2.75, 3.05) is 7.05 Å². The normalized spacial score (nSPS) is 22.1. The van der Waals surface area contributed by atoms with E-state index in [0.29, 0.717) is 17.8 Å². The quantitative estimate of drug-likeness (QED) is 0.454. The number of pyridine rings is 2. The molecule has 2 aliphatic rings. The largest absolute Gasteiger partial charge is 0.352 e. The number of amides is 1. The van der Waals surface area contributed by atoms with Gasteiger partial charge >= 0.3 is 0 Å². The van der Waals surface area contributed by atoms with Crippen LogP contribution in [-0.2, 0) is 4.79 Å². The number of carbonyl (C=O) groups is 1. The summed E-state index contributed by atoms with van der Waals surface area (Å²) in [7, 11) is 2.19. The van der Waals surface area contributed by atoms with E-state index in [-0.39, 0.29) is 11.9 Å². The second-order valence-corrected chi connectivity index (χ2v) is 10.0. The van der Waals surface area contributed by atoms with Crippen molar-refractivity contribution in [3.8, 4) is 22.4 Å². The van der Waals surface area contributed by atoms with Gasteiger partial charge in [-0.15, -0.1) is 0 Å². The van der Waals surface area contributed by atoms with E-state index in [1.165, 1.54) is 19.1 Å². The zero-order valence-corrected chi connectivity index (χ0v) is 20.9. The van der Waals surface area contributed by atoms with Crippen molar-refractivity contribution in [1.82, 2.24) is 20.2 Å². The maximum atomic E-state index is 13.3. The van der Waals surface area contributed by atoms with Crippen molar-refractivity contribution in [2.24, 2.45) is 0 Å². The highest BCUT2D eigenvalue weighted by Gasteiger charge is 2.39. The molecular weight excluding hydrogens is 446 g/mol. The molecule has 0 aliphatic carbocycles. The Labute approximate surface area is 213 Å². The van der Waals surface area contributed by atoms with E-state index in [1.807, 2.05) is 30.3 Å². The van der Waals surface area contributed by atoms with Gasteiger partial charge in [-0.25, -0.2) is 0 Å². The summed E-state index contributed by atoms with van der Waals surface area (Å²) >= 11 is 0. The molecule has 0 radical (unpaired) electrons. The average molecular weight is 480 g/mol. The van der Waals surface area contributed by atoms with Crippen LogP contribution in [0.5, 0.6) is 0 Å². The molecule has 0 saturated carbocycles. The Morgan fingerprint density at radius 3 is 2.58 bits per heavy atom. The third-order valence-electron chi connectivity index (χ3n) is 7.88. The lowest BCUT2D eigenvalue weighted by molar-refractivity contribution is -0.122. The first kappa shape index (κ1) is 24.1. The molecule has 5 rings (SSSR count). The molecule has 4 heterocycles. The average Bonchev–Trinajstić information content (AvgIpc) is 3.09. The number of carbonyl (C=O) groups excluding carboxylic acids is 1. The molecule has 3 atom stereocenters. The van der Waals surface area contributed by atoms with E-state index >= 15 is 0 Å². The molecule has 3 unspecified atom stereocenters. The fourth-order valence-electron chi connectivity index (χ4n) is 5.82. The van der Waals surface area contributed by atoms with Crippen LogP contribution in [0, 0.1) is 12.3 Å². The number of benzene rings is 1. The Balaban J connectivity index is 1.40. The predicted molar refractivity (Wildman–Crippen MR) is 145 cm³/mol. The lowest BCUT2D eigenvalue weighted by atomic mass is 9.94. The van der Waals surface area contributed by atoms with Gasteiger partial charge < -0.3 is 15.6 Å². The number of nitrogens with one attached hydrogen (secondary N) is 2. The standard InChI is InChI=1S/C30H33N5O/c1-4-20-7-8-22(14-19(20)2)29-26(6-5-12-33-29)21-11-13-32-28(15-21)27(18-31)30(36)34-23-16-24-9-10-25(17-23)35(24)3/h4-8,11-15,18,23-25,27,31H,1,9-10,16-17H2,2-3H3,(H,34,36). The summed E-state index contributed by atoms with van der Waals surface area (Å²) < 4.78 is 0. The molecule has 6 nitrogen and oxygen atoms in total. The minimum atomic E-state index is -0.725. The minimum Gasteiger partial charge on any atom is -0.352 e. The van der Waals surface area contributed by atoms with Crippen molar-refractivity contribution in [2.45, 2.75) is 56.7 Å². The van der Waals surface area contributed by atoms with E-state index in [9.17, 15) is 4.79 Å². The van der Waals surface area contributed by atoms with Crippen molar-refractivity contribution in [1.29, 1.82) is 5.41 Å². The van der Waals surface area contributed by atoms with Gasteiger partial charge in [-0.1, -0.05) is 30.9 Å². The number of fused-ring (bicyclic) bond motifs is 2. The highest BCUT2D eigenvalue weighted by Crippen LogP contribution is 2.35. The van der Waals surface area contributed by atoms with Crippen molar-refractivity contribution >= 4 is 18.2 Å². The zero-order valence-electron chi connectivity index (χ0n) is 20.9. The van der Waals surface area contributed by atoms with Gasteiger partial charge in [0.25, 0.3) is 0 Å². The summed E-state index contributed by atoms with van der Waals surface area (Å²) in [6.45, 7) is 5.95. The third kappa shape index (κ3) is 4.61.